The zero-order valence-electron chi connectivity index (χ0n) is 15.7. The Labute approximate surface area is 159 Å². The van der Waals surface area contributed by atoms with Gasteiger partial charge in [0.1, 0.15) is 17.1 Å². The molecule has 0 unspecified atom stereocenters. The number of hydrogen-bond acceptors (Lipinski definition) is 7. The first-order valence-electron chi connectivity index (χ1n) is 8.67. The molecule has 1 aromatic rings. The predicted molar refractivity (Wildman–Crippen MR) is 98.6 cm³/mol. The maximum atomic E-state index is 12.6. The highest BCUT2D eigenvalue weighted by Crippen LogP contribution is 2.24. The van der Waals surface area contributed by atoms with Gasteiger partial charge in [0.05, 0.1) is 18.6 Å². The smallest absolute Gasteiger partial charge is 0.342 e. The molecule has 1 aromatic carbocycles. The summed E-state index contributed by atoms with van der Waals surface area (Å²) in [5.74, 6) is -1.10. The Bertz CT molecular complexity index is 804. The summed E-state index contributed by atoms with van der Waals surface area (Å²) in [4.78, 5) is 26.2. The average molecular weight is 399 g/mol. The molecule has 0 spiro atoms. The van der Waals surface area contributed by atoms with Crippen LogP contribution in [0.4, 0.5) is 0 Å². The fraction of sp³-hybridized carbons (Fsp3) is 0.556. The van der Waals surface area contributed by atoms with Crippen LogP contribution in [0.25, 0.3) is 0 Å². The van der Waals surface area contributed by atoms with Gasteiger partial charge < -0.3 is 19.5 Å². The van der Waals surface area contributed by atoms with Gasteiger partial charge in [0.25, 0.3) is 5.91 Å². The summed E-state index contributed by atoms with van der Waals surface area (Å²) in [6, 6.07) is 3.70. The molecule has 1 N–H and O–H groups in total. The normalized spacial score (nSPS) is 18.3. The van der Waals surface area contributed by atoms with Crippen molar-refractivity contribution in [3.63, 3.8) is 0 Å². The van der Waals surface area contributed by atoms with Crippen molar-refractivity contribution in [1.29, 1.82) is 0 Å². The van der Waals surface area contributed by atoms with Crippen LogP contribution in [-0.4, -0.2) is 68.1 Å². The molecule has 0 aromatic heterocycles. The lowest BCUT2D eigenvalue weighted by Crippen LogP contribution is -2.45. The molecule has 0 radical (unpaired) electrons. The molecule has 1 heterocycles. The molecule has 1 amide bonds. The van der Waals surface area contributed by atoms with Crippen molar-refractivity contribution in [2.45, 2.75) is 26.3 Å². The minimum atomic E-state index is -3.14. The third-order valence-corrected chi connectivity index (χ3v) is 6.03. The van der Waals surface area contributed by atoms with E-state index in [1.807, 2.05) is 13.8 Å². The molecule has 1 aliphatic rings. The van der Waals surface area contributed by atoms with Crippen LogP contribution in [0, 0.1) is 5.92 Å². The number of carbonyl (C=O) groups excluding carboxylic acids is 2. The molecule has 8 nitrogen and oxygen atoms in total. The van der Waals surface area contributed by atoms with Crippen LogP contribution in [0.2, 0.25) is 0 Å². The average Bonchev–Trinajstić information content (AvgIpc) is 2.96. The van der Waals surface area contributed by atoms with E-state index in [1.54, 1.807) is 0 Å². The van der Waals surface area contributed by atoms with Crippen molar-refractivity contribution < 1.29 is 32.6 Å². The van der Waals surface area contributed by atoms with Crippen molar-refractivity contribution in [2.24, 2.45) is 5.92 Å². The van der Waals surface area contributed by atoms with Gasteiger partial charge in [0, 0.05) is 18.7 Å². The van der Waals surface area contributed by atoms with Gasteiger partial charge in [0.15, 0.2) is 16.4 Å². The second-order valence-electron chi connectivity index (χ2n) is 6.96. The van der Waals surface area contributed by atoms with Crippen LogP contribution >= 0.6 is 0 Å². The number of phenols is 1. The van der Waals surface area contributed by atoms with Crippen molar-refractivity contribution in [3.8, 4) is 11.5 Å². The van der Waals surface area contributed by atoms with E-state index in [0.29, 0.717) is 18.7 Å². The molecule has 1 saturated heterocycles. The van der Waals surface area contributed by atoms with Gasteiger partial charge in [-0.05, 0) is 24.5 Å². The highest BCUT2D eigenvalue weighted by molar-refractivity contribution is 7.91. The summed E-state index contributed by atoms with van der Waals surface area (Å²) in [5.41, 5.74) is -0.0811. The zero-order valence-corrected chi connectivity index (χ0v) is 16.5. The van der Waals surface area contributed by atoms with Gasteiger partial charge in [-0.2, -0.15) is 0 Å². The van der Waals surface area contributed by atoms with Gasteiger partial charge in [-0.1, -0.05) is 13.8 Å². The van der Waals surface area contributed by atoms with Crippen LogP contribution in [0.5, 0.6) is 11.5 Å². The van der Waals surface area contributed by atoms with E-state index in [9.17, 15) is 23.1 Å². The van der Waals surface area contributed by atoms with E-state index in [2.05, 4.69) is 0 Å². The summed E-state index contributed by atoms with van der Waals surface area (Å²) in [5, 5.41) is 9.87. The SMILES string of the molecule is COc1ccc(C(=O)OCC(=O)N(CC(C)C)[C@H]2CCS(=O)(=O)C2)c(O)c1. The number of methoxy groups -OCH3 is 1. The number of phenolic OH excluding ortho intramolecular Hbond substituents is 1. The Morgan fingerprint density at radius 3 is 2.56 bits per heavy atom. The van der Waals surface area contributed by atoms with Crippen LogP contribution in [0.15, 0.2) is 18.2 Å². The quantitative estimate of drug-likeness (QED) is 0.687. The third-order valence-electron chi connectivity index (χ3n) is 4.28. The molecule has 1 aliphatic heterocycles. The topological polar surface area (TPSA) is 110 Å². The minimum absolute atomic E-state index is 0.0546. The number of nitrogens with zero attached hydrogens (tertiary/aromatic N) is 1. The molecule has 0 aliphatic carbocycles. The summed E-state index contributed by atoms with van der Waals surface area (Å²) >= 11 is 0. The highest BCUT2D eigenvalue weighted by Gasteiger charge is 2.35. The number of amides is 1. The number of carbonyl (C=O) groups is 2. The van der Waals surface area contributed by atoms with Gasteiger partial charge in [-0.15, -0.1) is 0 Å². The number of sulfone groups is 1. The Hall–Kier alpha value is -2.29. The van der Waals surface area contributed by atoms with Crippen LogP contribution < -0.4 is 4.74 Å². The monoisotopic (exact) mass is 399 g/mol. The Morgan fingerprint density at radius 1 is 1.33 bits per heavy atom. The second kappa shape index (κ2) is 8.60. The third kappa shape index (κ3) is 5.59. The Kier molecular flexibility index (Phi) is 6.69. The van der Waals surface area contributed by atoms with Crippen molar-refractivity contribution in [1.82, 2.24) is 4.90 Å². The Morgan fingerprint density at radius 2 is 2.04 bits per heavy atom. The van der Waals surface area contributed by atoms with Crippen molar-refractivity contribution >= 4 is 21.7 Å². The molecule has 0 saturated carbocycles. The lowest BCUT2D eigenvalue weighted by molar-refractivity contribution is -0.137. The number of benzene rings is 1. The molecule has 1 atom stereocenters. The van der Waals surface area contributed by atoms with Crippen LogP contribution in [-0.2, 0) is 19.4 Å². The number of ether oxygens (including phenoxy) is 2. The predicted octanol–water partition coefficient (Wildman–Crippen LogP) is 1.23. The minimum Gasteiger partial charge on any atom is -0.507 e. The first kappa shape index (κ1) is 21.0. The molecule has 9 heteroatoms. The van der Waals surface area contributed by atoms with Crippen LogP contribution in [0.3, 0.4) is 0 Å². The molecule has 2 rings (SSSR count). The number of esters is 1. The molecule has 150 valence electrons. The number of rotatable bonds is 7. The number of aromatic hydroxyl groups is 1. The molecule has 27 heavy (non-hydrogen) atoms. The highest BCUT2D eigenvalue weighted by atomic mass is 32.2. The summed E-state index contributed by atoms with van der Waals surface area (Å²) in [6.07, 6.45) is 0.383. The maximum absolute atomic E-state index is 12.6. The molecular weight excluding hydrogens is 374 g/mol. The molecule has 0 bridgehead atoms. The number of hydrogen-bond donors (Lipinski definition) is 1. The van der Waals surface area contributed by atoms with Gasteiger partial charge >= 0.3 is 5.97 Å². The van der Waals surface area contributed by atoms with E-state index in [0.717, 1.165) is 0 Å². The van der Waals surface area contributed by atoms with E-state index >= 15 is 0 Å². The summed E-state index contributed by atoms with van der Waals surface area (Å²) in [6.45, 7) is 3.70. The van der Waals surface area contributed by atoms with Gasteiger partial charge in [-0.3, -0.25) is 4.79 Å². The lowest BCUT2D eigenvalue weighted by Gasteiger charge is -2.29. The van der Waals surface area contributed by atoms with Gasteiger partial charge in [0.2, 0.25) is 0 Å². The second-order valence-corrected chi connectivity index (χ2v) is 9.18. The van der Waals surface area contributed by atoms with Crippen molar-refractivity contribution in [2.75, 3.05) is 31.8 Å². The molecule has 1 fully saturated rings. The lowest BCUT2D eigenvalue weighted by atomic mass is 10.1. The van der Waals surface area contributed by atoms with E-state index in [4.69, 9.17) is 9.47 Å². The fourth-order valence-electron chi connectivity index (χ4n) is 2.97. The largest absolute Gasteiger partial charge is 0.507 e. The van der Waals surface area contributed by atoms with E-state index in [1.165, 1.54) is 30.2 Å². The first-order chi connectivity index (χ1) is 12.6. The van der Waals surface area contributed by atoms with Crippen molar-refractivity contribution in [3.05, 3.63) is 23.8 Å². The summed E-state index contributed by atoms with van der Waals surface area (Å²) < 4.78 is 33.5. The van der Waals surface area contributed by atoms with Crippen LogP contribution in [0.1, 0.15) is 30.6 Å². The maximum Gasteiger partial charge on any atom is 0.342 e. The van der Waals surface area contributed by atoms with Gasteiger partial charge in [-0.25, -0.2) is 13.2 Å². The Balaban J connectivity index is 2.03. The standard InChI is InChI=1S/C18H25NO7S/c1-12(2)9-19(13-6-7-27(23,24)11-13)17(21)10-26-18(22)15-5-4-14(25-3)8-16(15)20/h4-5,8,12-13,20H,6-7,9-11H2,1-3H3/t13-/m0/s1. The van der Waals surface area contributed by atoms with E-state index < -0.39 is 34.4 Å². The fourth-order valence-corrected chi connectivity index (χ4v) is 4.70. The zero-order chi connectivity index (χ0) is 20.2. The first-order valence-corrected chi connectivity index (χ1v) is 10.5. The molecular formula is C18H25NO7S. The van der Waals surface area contributed by atoms with E-state index in [-0.39, 0.29) is 28.7 Å². The summed E-state index contributed by atoms with van der Waals surface area (Å²) in [7, 11) is -1.71.